The molecule has 2 aromatic rings. The van der Waals surface area contributed by atoms with Gasteiger partial charge in [-0.3, -0.25) is 0 Å². The van der Waals surface area contributed by atoms with Crippen LogP contribution in [0, 0.1) is 0 Å². The fourth-order valence-corrected chi connectivity index (χ4v) is 1.95. The van der Waals surface area contributed by atoms with Crippen LogP contribution in [0.3, 0.4) is 0 Å². The Labute approximate surface area is 93.6 Å². The number of rotatable bonds is 1. The lowest BCUT2D eigenvalue weighted by atomic mass is 10.1. The van der Waals surface area contributed by atoms with E-state index in [1.165, 1.54) is 5.57 Å². The van der Waals surface area contributed by atoms with Crippen molar-refractivity contribution in [3.8, 4) is 5.75 Å². The second-order valence-corrected chi connectivity index (χ2v) is 3.87. The first kappa shape index (κ1) is 9.16. The van der Waals surface area contributed by atoms with Gasteiger partial charge < -0.3 is 5.11 Å². The number of allylic oxidation sites excluding steroid dienone is 4. The minimum atomic E-state index is 0.242. The number of hydrogen-bond acceptors (Lipinski definition) is 2. The fraction of sp³-hybridized carbons (Fsp3) is 0.0714. The molecule has 1 aliphatic carbocycles. The van der Waals surface area contributed by atoms with E-state index >= 15 is 0 Å². The third kappa shape index (κ3) is 1.39. The van der Waals surface area contributed by atoms with Crippen molar-refractivity contribution in [1.82, 2.24) is 4.98 Å². The molecule has 1 aliphatic rings. The molecule has 0 bridgehead atoms. The molecule has 0 saturated heterocycles. The summed E-state index contributed by atoms with van der Waals surface area (Å²) in [5.41, 5.74) is 2.82. The molecule has 0 spiro atoms. The van der Waals surface area contributed by atoms with Crippen LogP contribution in [0.1, 0.15) is 12.1 Å². The van der Waals surface area contributed by atoms with Gasteiger partial charge in [-0.25, -0.2) is 4.98 Å². The normalized spacial score (nSPS) is 14.4. The van der Waals surface area contributed by atoms with Crippen molar-refractivity contribution in [1.29, 1.82) is 0 Å². The highest BCUT2D eigenvalue weighted by Crippen LogP contribution is 2.27. The second-order valence-electron chi connectivity index (χ2n) is 3.87. The minimum absolute atomic E-state index is 0.242. The summed E-state index contributed by atoms with van der Waals surface area (Å²) in [6, 6.07) is 9.44. The number of hydrogen-bond donors (Lipinski definition) is 1. The van der Waals surface area contributed by atoms with Crippen molar-refractivity contribution in [3.05, 3.63) is 54.3 Å². The molecule has 0 saturated carbocycles. The summed E-state index contributed by atoms with van der Waals surface area (Å²) in [5, 5.41) is 10.7. The van der Waals surface area contributed by atoms with Crippen LogP contribution in [0.5, 0.6) is 5.75 Å². The molecular weight excluding hydrogens is 198 g/mol. The number of aromatic hydroxyl groups is 1. The highest BCUT2D eigenvalue weighted by molar-refractivity contribution is 5.86. The molecule has 2 nitrogen and oxygen atoms in total. The number of pyridine rings is 1. The molecule has 16 heavy (non-hydrogen) atoms. The molecule has 1 N–H and O–H groups in total. The van der Waals surface area contributed by atoms with Crippen LogP contribution in [0.15, 0.2) is 48.6 Å². The molecule has 1 aromatic heterocycles. The van der Waals surface area contributed by atoms with Gasteiger partial charge in [0.05, 0.1) is 5.69 Å². The van der Waals surface area contributed by atoms with Crippen molar-refractivity contribution in [2.75, 3.05) is 0 Å². The van der Waals surface area contributed by atoms with Gasteiger partial charge in [-0.2, -0.15) is 0 Å². The van der Waals surface area contributed by atoms with Gasteiger partial charge in [-0.05, 0) is 24.1 Å². The lowest BCUT2D eigenvalue weighted by molar-refractivity contribution is 0.480. The number of benzene rings is 1. The summed E-state index contributed by atoms with van der Waals surface area (Å²) >= 11 is 0. The van der Waals surface area contributed by atoms with Crippen LogP contribution in [0.4, 0.5) is 0 Å². The topological polar surface area (TPSA) is 33.1 Å². The van der Waals surface area contributed by atoms with E-state index in [4.69, 9.17) is 0 Å². The minimum Gasteiger partial charge on any atom is -0.506 e. The van der Waals surface area contributed by atoms with Gasteiger partial charge >= 0.3 is 0 Å². The molecule has 0 radical (unpaired) electrons. The molecule has 0 aliphatic heterocycles. The lowest BCUT2D eigenvalue weighted by Crippen LogP contribution is -1.88. The molecule has 0 unspecified atom stereocenters. The highest BCUT2D eigenvalue weighted by atomic mass is 16.3. The van der Waals surface area contributed by atoms with Gasteiger partial charge in [0.2, 0.25) is 0 Å². The first-order valence-corrected chi connectivity index (χ1v) is 5.29. The van der Waals surface area contributed by atoms with E-state index in [9.17, 15) is 5.11 Å². The van der Waals surface area contributed by atoms with E-state index in [2.05, 4.69) is 17.1 Å². The van der Waals surface area contributed by atoms with E-state index in [-0.39, 0.29) is 5.75 Å². The third-order valence-electron chi connectivity index (χ3n) is 2.80. The van der Waals surface area contributed by atoms with Gasteiger partial charge in [0, 0.05) is 5.39 Å². The largest absolute Gasteiger partial charge is 0.506 e. The van der Waals surface area contributed by atoms with Gasteiger partial charge in [0.1, 0.15) is 11.3 Å². The quantitative estimate of drug-likeness (QED) is 0.781. The van der Waals surface area contributed by atoms with Gasteiger partial charge in [-0.1, -0.05) is 36.4 Å². The van der Waals surface area contributed by atoms with Crippen LogP contribution in [-0.2, 0) is 0 Å². The average Bonchev–Trinajstić information content (AvgIpc) is 2.83. The van der Waals surface area contributed by atoms with Gasteiger partial charge in [0.15, 0.2) is 0 Å². The number of fused-ring (bicyclic) bond motifs is 1. The van der Waals surface area contributed by atoms with Crippen molar-refractivity contribution in [2.24, 2.45) is 0 Å². The van der Waals surface area contributed by atoms with Crippen molar-refractivity contribution >= 4 is 16.5 Å². The molecule has 1 heterocycles. The third-order valence-corrected chi connectivity index (χ3v) is 2.80. The summed E-state index contributed by atoms with van der Waals surface area (Å²) in [6.07, 6.45) is 7.12. The van der Waals surface area contributed by atoms with Crippen LogP contribution >= 0.6 is 0 Å². The number of para-hydroxylation sites is 1. The predicted octanol–water partition coefficient (Wildman–Crippen LogP) is 3.28. The van der Waals surface area contributed by atoms with Crippen molar-refractivity contribution in [2.45, 2.75) is 6.42 Å². The Morgan fingerprint density at radius 1 is 1.12 bits per heavy atom. The Balaban J connectivity index is 2.19. The molecule has 0 amide bonds. The van der Waals surface area contributed by atoms with E-state index in [1.54, 1.807) is 6.07 Å². The van der Waals surface area contributed by atoms with Crippen molar-refractivity contribution in [3.63, 3.8) is 0 Å². The molecule has 1 aromatic carbocycles. The zero-order chi connectivity index (χ0) is 11.0. The lowest BCUT2D eigenvalue weighted by Gasteiger charge is -2.04. The Morgan fingerprint density at radius 3 is 2.88 bits per heavy atom. The molecule has 78 valence electrons. The van der Waals surface area contributed by atoms with Crippen LogP contribution in [-0.4, -0.2) is 10.1 Å². The number of phenolic OH excluding ortho intramolecular Hbond substituents is 1. The first-order valence-electron chi connectivity index (χ1n) is 5.29. The number of aromatic nitrogens is 1. The van der Waals surface area contributed by atoms with Gasteiger partial charge in [0.25, 0.3) is 0 Å². The summed E-state index contributed by atoms with van der Waals surface area (Å²) < 4.78 is 0. The van der Waals surface area contributed by atoms with Crippen LogP contribution in [0.2, 0.25) is 0 Å². The van der Waals surface area contributed by atoms with E-state index in [0.29, 0.717) is 5.52 Å². The van der Waals surface area contributed by atoms with Crippen molar-refractivity contribution < 1.29 is 5.11 Å². The number of nitrogens with zero attached hydrogens (tertiary/aromatic N) is 1. The molecular formula is C14H11NO. The number of phenols is 1. The summed E-state index contributed by atoms with van der Waals surface area (Å²) in [6.45, 7) is 0. The zero-order valence-corrected chi connectivity index (χ0v) is 8.72. The standard InChI is InChI=1S/C14H11NO/c16-13-7-3-6-11-8-9-12(15-14(11)13)10-4-1-2-5-10/h1-4,6-9,16H,5H2. The smallest absolute Gasteiger partial charge is 0.141 e. The Kier molecular flexibility index (Phi) is 2.00. The van der Waals surface area contributed by atoms with Gasteiger partial charge in [-0.15, -0.1) is 0 Å². The second kappa shape index (κ2) is 3.49. The first-order chi connectivity index (χ1) is 7.84. The maximum Gasteiger partial charge on any atom is 0.141 e. The Bertz CT molecular complexity index is 611. The van der Waals surface area contributed by atoms with E-state index in [0.717, 1.165) is 17.5 Å². The molecule has 0 fully saturated rings. The Morgan fingerprint density at radius 2 is 2.06 bits per heavy atom. The monoisotopic (exact) mass is 209 g/mol. The molecule has 3 rings (SSSR count). The molecule has 0 atom stereocenters. The Hall–Kier alpha value is -2.09. The SMILES string of the molecule is Oc1cccc2ccc(C3=CC=CC3)nc12. The summed E-state index contributed by atoms with van der Waals surface area (Å²) in [7, 11) is 0. The van der Waals surface area contributed by atoms with Crippen LogP contribution in [0.25, 0.3) is 16.5 Å². The highest BCUT2D eigenvalue weighted by Gasteiger charge is 2.07. The average molecular weight is 209 g/mol. The summed E-state index contributed by atoms with van der Waals surface area (Å²) in [5.74, 6) is 0.242. The predicted molar refractivity (Wildman–Crippen MR) is 65.1 cm³/mol. The van der Waals surface area contributed by atoms with E-state index < -0.39 is 0 Å². The maximum absolute atomic E-state index is 9.74. The fourth-order valence-electron chi connectivity index (χ4n) is 1.95. The molecule has 2 heteroatoms. The van der Waals surface area contributed by atoms with E-state index in [1.807, 2.05) is 30.3 Å². The summed E-state index contributed by atoms with van der Waals surface area (Å²) in [4.78, 5) is 4.50. The zero-order valence-electron chi connectivity index (χ0n) is 8.72. The maximum atomic E-state index is 9.74. The van der Waals surface area contributed by atoms with Crippen LogP contribution < -0.4 is 0 Å².